The van der Waals surface area contributed by atoms with Crippen LogP contribution < -0.4 is 15.8 Å². The Morgan fingerprint density at radius 2 is 1.85 bits per heavy atom. The number of amides is 2. The van der Waals surface area contributed by atoms with Crippen LogP contribution in [0.3, 0.4) is 0 Å². The first-order valence-electron chi connectivity index (χ1n) is 9.84. The van der Waals surface area contributed by atoms with Crippen molar-refractivity contribution in [1.82, 2.24) is 10.2 Å². The van der Waals surface area contributed by atoms with Gasteiger partial charge < -0.3 is 20.7 Å². The third-order valence-corrected chi connectivity index (χ3v) is 5.40. The number of methoxy groups -OCH3 is 1. The molecule has 2 amide bonds. The molecule has 1 aliphatic rings. The summed E-state index contributed by atoms with van der Waals surface area (Å²) >= 11 is 0. The van der Waals surface area contributed by atoms with E-state index in [1.807, 2.05) is 30.9 Å². The summed E-state index contributed by atoms with van der Waals surface area (Å²) in [6.07, 6.45) is 4.21. The van der Waals surface area contributed by atoms with Gasteiger partial charge in [-0.2, -0.15) is 0 Å². The standard InChI is InChI=1S/C21H33N3O3/c1-15(2)20(22)21(26)23-14-19(25)24-12-10-17(11-13-24)5-4-16-6-8-18(27-3)9-7-16/h6-9,15,17,20H,4-5,10-14,22H2,1-3H3,(H,23,26)/t20-/m0/s1. The van der Waals surface area contributed by atoms with Crippen molar-refractivity contribution in [3.63, 3.8) is 0 Å². The van der Waals surface area contributed by atoms with Crippen LogP contribution in [0.5, 0.6) is 5.75 Å². The van der Waals surface area contributed by atoms with E-state index < -0.39 is 6.04 Å². The van der Waals surface area contributed by atoms with Gasteiger partial charge >= 0.3 is 0 Å². The molecule has 1 aliphatic heterocycles. The van der Waals surface area contributed by atoms with E-state index in [2.05, 4.69) is 17.4 Å². The van der Waals surface area contributed by atoms with Crippen LogP contribution in [0, 0.1) is 11.8 Å². The largest absolute Gasteiger partial charge is 0.497 e. The van der Waals surface area contributed by atoms with Crippen LogP contribution >= 0.6 is 0 Å². The highest BCUT2D eigenvalue weighted by Crippen LogP contribution is 2.23. The van der Waals surface area contributed by atoms with Crippen LogP contribution in [0.1, 0.15) is 38.7 Å². The second-order valence-electron chi connectivity index (χ2n) is 7.70. The maximum atomic E-state index is 12.3. The zero-order valence-corrected chi connectivity index (χ0v) is 16.7. The zero-order chi connectivity index (χ0) is 19.8. The SMILES string of the molecule is COc1ccc(CCC2CCN(C(=O)CNC(=O)[C@@H](N)C(C)C)CC2)cc1. The lowest BCUT2D eigenvalue weighted by Gasteiger charge is -2.32. The summed E-state index contributed by atoms with van der Waals surface area (Å²) in [7, 11) is 1.67. The molecule has 6 nitrogen and oxygen atoms in total. The molecule has 1 aromatic rings. The fraction of sp³-hybridized carbons (Fsp3) is 0.619. The first-order chi connectivity index (χ1) is 12.9. The Kier molecular flexibility index (Phi) is 8.10. The predicted molar refractivity (Wildman–Crippen MR) is 106 cm³/mol. The summed E-state index contributed by atoms with van der Waals surface area (Å²) in [6, 6.07) is 7.65. The Balaban J connectivity index is 1.68. The van der Waals surface area contributed by atoms with Crippen molar-refractivity contribution in [2.45, 2.75) is 45.6 Å². The minimum atomic E-state index is -0.568. The molecule has 0 spiro atoms. The van der Waals surface area contributed by atoms with Crippen LogP contribution in [0.15, 0.2) is 24.3 Å². The quantitative estimate of drug-likeness (QED) is 0.727. The van der Waals surface area contributed by atoms with Gasteiger partial charge in [-0.3, -0.25) is 9.59 Å². The Morgan fingerprint density at radius 1 is 1.22 bits per heavy atom. The molecule has 1 heterocycles. The van der Waals surface area contributed by atoms with Crippen molar-refractivity contribution >= 4 is 11.8 Å². The Hall–Kier alpha value is -2.08. The van der Waals surface area contributed by atoms with Crippen LogP contribution in [-0.4, -0.2) is 49.5 Å². The van der Waals surface area contributed by atoms with E-state index in [4.69, 9.17) is 10.5 Å². The van der Waals surface area contributed by atoms with Gasteiger partial charge in [0, 0.05) is 13.1 Å². The van der Waals surface area contributed by atoms with Crippen LogP contribution in [-0.2, 0) is 16.0 Å². The molecule has 0 bridgehead atoms. The second kappa shape index (κ2) is 10.3. The number of piperidine rings is 1. The number of nitrogens with two attached hydrogens (primary N) is 1. The van der Waals surface area contributed by atoms with E-state index in [0.717, 1.165) is 44.5 Å². The molecule has 0 unspecified atom stereocenters. The van der Waals surface area contributed by atoms with Crippen molar-refractivity contribution in [1.29, 1.82) is 0 Å². The lowest BCUT2D eigenvalue weighted by Crippen LogP contribution is -2.49. The number of hydrogen-bond donors (Lipinski definition) is 2. The second-order valence-corrected chi connectivity index (χ2v) is 7.70. The number of likely N-dealkylation sites (tertiary alicyclic amines) is 1. The molecule has 0 aliphatic carbocycles. The number of nitrogens with one attached hydrogen (secondary N) is 1. The summed E-state index contributed by atoms with van der Waals surface area (Å²) in [5, 5.41) is 2.66. The number of rotatable bonds is 8. The van der Waals surface area contributed by atoms with Gasteiger partial charge in [-0.15, -0.1) is 0 Å². The van der Waals surface area contributed by atoms with E-state index in [9.17, 15) is 9.59 Å². The molecule has 6 heteroatoms. The molecule has 1 aromatic carbocycles. The van der Waals surface area contributed by atoms with E-state index in [1.165, 1.54) is 5.56 Å². The number of carbonyl (C=O) groups is 2. The van der Waals surface area contributed by atoms with Gasteiger partial charge in [0.05, 0.1) is 19.7 Å². The van der Waals surface area contributed by atoms with E-state index in [-0.39, 0.29) is 24.3 Å². The van der Waals surface area contributed by atoms with Crippen molar-refractivity contribution in [2.75, 3.05) is 26.7 Å². The maximum Gasteiger partial charge on any atom is 0.241 e. The van der Waals surface area contributed by atoms with Gasteiger partial charge in [-0.05, 0) is 55.2 Å². The Morgan fingerprint density at radius 3 is 2.41 bits per heavy atom. The van der Waals surface area contributed by atoms with E-state index in [0.29, 0.717) is 5.92 Å². The minimum absolute atomic E-state index is 0.0205. The molecule has 0 radical (unpaired) electrons. The molecule has 1 fully saturated rings. The first-order valence-corrected chi connectivity index (χ1v) is 9.84. The third kappa shape index (κ3) is 6.54. The topological polar surface area (TPSA) is 84.7 Å². The number of ether oxygens (including phenoxy) is 1. The average molecular weight is 376 g/mol. The monoisotopic (exact) mass is 375 g/mol. The summed E-state index contributed by atoms with van der Waals surface area (Å²) in [5.41, 5.74) is 7.11. The van der Waals surface area contributed by atoms with Gasteiger partial charge in [0.25, 0.3) is 0 Å². The van der Waals surface area contributed by atoms with Crippen molar-refractivity contribution in [3.05, 3.63) is 29.8 Å². The number of carbonyl (C=O) groups excluding carboxylic acids is 2. The number of hydrogen-bond acceptors (Lipinski definition) is 4. The lowest BCUT2D eigenvalue weighted by molar-refractivity contribution is -0.134. The van der Waals surface area contributed by atoms with Gasteiger partial charge in [0.1, 0.15) is 5.75 Å². The number of nitrogens with zero attached hydrogens (tertiary/aromatic N) is 1. The molecule has 0 aromatic heterocycles. The Bertz CT molecular complexity index is 608. The summed E-state index contributed by atoms with van der Waals surface area (Å²) in [5.74, 6) is 1.30. The van der Waals surface area contributed by atoms with Crippen LogP contribution in [0.2, 0.25) is 0 Å². The predicted octanol–water partition coefficient (Wildman–Crippen LogP) is 1.97. The number of benzene rings is 1. The fourth-order valence-electron chi connectivity index (χ4n) is 3.33. The summed E-state index contributed by atoms with van der Waals surface area (Å²) in [6.45, 7) is 5.35. The highest BCUT2D eigenvalue weighted by atomic mass is 16.5. The minimum Gasteiger partial charge on any atom is -0.497 e. The van der Waals surface area contributed by atoms with Gasteiger partial charge in [-0.1, -0.05) is 26.0 Å². The summed E-state index contributed by atoms with van der Waals surface area (Å²) < 4.78 is 5.19. The highest BCUT2D eigenvalue weighted by molar-refractivity contribution is 5.87. The smallest absolute Gasteiger partial charge is 0.241 e. The fourth-order valence-corrected chi connectivity index (χ4v) is 3.33. The molecule has 3 N–H and O–H groups in total. The third-order valence-electron chi connectivity index (χ3n) is 5.40. The lowest BCUT2D eigenvalue weighted by atomic mass is 9.90. The van der Waals surface area contributed by atoms with E-state index in [1.54, 1.807) is 7.11 Å². The van der Waals surface area contributed by atoms with Crippen molar-refractivity contribution in [3.8, 4) is 5.75 Å². The molecule has 1 saturated heterocycles. The molecule has 0 saturated carbocycles. The highest BCUT2D eigenvalue weighted by Gasteiger charge is 2.24. The normalized spacial score (nSPS) is 16.3. The molecule has 150 valence electrons. The Labute approximate surface area is 162 Å². The molecule has 27 heavy (non-hydrogen) atoms. The van der Waals surface area contributed by atoms with Crippen molar-refractivity contribution < 1.29 is 14.3 Å². The van der Waals surface area contributed by atoms with Gasteiger partial charge in [0.2, 0.25) is 11.8 Å². The molecule has 2 rings (SSSR count). The van der Waals surface area contributed by atoms with Crippen LogP contribution in [0.4, 0.5) is 0 Å². The molecular weight excluding hydrogens is 342 g/mol. The van der Waals surface area contributed by atoms with Crippen molar-refractivity contribution in [2.24, 2.45) is 17.6 Å². The summed E-state index contributed by atoms with van der Waals surface area (Å²) in [4.78, 5) is 26.0. The van der Waals surface area contributed by atoms with Gasteiger partial charge in [-0.25, -0.2) is 0 Å². The maximum absolute atomic E-state index is 12.3. The molecule has 1 atom stereocenters. The average Bonchev–Trinajstić information content (AvgIpc) is 2.70. The van der Waals surface area contributed by atoms with E-state index >= 15 is 0 Å². The molecular formula is C21H33N3O3. The zero-order valence-electron chi connectivity index (χ0n) is 16.7. The van der Waals surface area contributed by atoms with Gasteiger partial charge in [0.15, 0.2) is 0 Å². The van der Waals surface area contributed by atoms with Crippen LogP contribution in [0.25, 0.3) is 0 Å². The first kappa shape index (κ1) is 21.2. The number of aryl methyl sites for hydroxylation is 1.